The Bertz CT molecular complexity index is 608. The van der Waals surface area contributed by atoms with Gasteiger partial charge in [0.05, 0.1) is 11.4 Å². The maximum absolute atomic E-state index is 12.3. The van der Waals surface area contributed by atoms with Gasteiger partial charge in [-0.2, -0.15) is 4.31 Å². The first kappa shape index (κ1) is 13.5. The van der Waals surface area contributed by atoms with E-state index >= 15 is 0 Å². The summed E-state index contributed by atoms with van der Waals surface area (Å²) in [6, 6.07) is 6.76. The lowest BCUT2D eigenvalue weighted by atomic mass is 10.4. The first-order valence-electron chi connectivity index (χ1n) is 5.20. The summed E-state index contributed by atoms with van der Waals surface area (Å²) in [5.74, 6) is 0.617. The largest absolute Gasteiger partial charge is 0.347 e. The zero-order valence-electron chi connectivity index (χ0n) is 9.67. The molecule has 0 saturated carbocycles. The molecule has 0 bridgehead atoms. The third-order valence-electron chi connectivity index (χ3n) is 2.45. The fraction of sp³-hybridized carbons (Fsp3) is 0.182. The average Bonchev–Trinajstić information content (AvgIpc) is 2.82. The Hall–Kier alpha value is -0.930. The predicted octanol–water partition coefficient (Wildman–Crippen LogP) is 1.83. The number of nitrogens with one attached hydrogen (secondary N) is 1. The maximum Gasteiger partial charge on any atom is 0.243 e. The summed E-state index contributed by atoms with van der Waals surface area (Å²) in [7, 11) is -1.92. The number of hydrogen-bond acceptors (Lipinski definition) is 3. The van der Waals surface area contributed by atoms with Crippen LogP contribution in [0.15, 0.2) is 41.6 Å². The first-order valence-corrected chi connectivity index (χ1v) is 7.72. The van der Waals surface area contributed by atoms with Gasteiger partial charge in [0.15, 0.2) is 0 Å². The Labute approximate surface area is 119 Å². The molecule has 0 spiro atoms. The molecular formula is C11H12IN3O2S. The van der Waals surface area contributed by atoms with Crippen molar-refractivity contribution in [2.45, 2.75) is 11.4 Å². The second kappa shape index (κ2) is 5.37. The van der Waals surface area contributed by atoms with E-state index < -0.39 is 10.0 Å². The normalized spacial score (nSPS) is 11.9. The van der Waals surface area contributed by atoms with Gasteiger partial charge in [-0.15, -0.1) is 0 Å². The van der Waals surface area contributed by atoms with Crippen LogP contribution in [0.25, 0.3) is 0 Å². The quantitative estimate of drug-likeness (QED) is 0.827. The molecule has 1 N–H and O–H groups in total. The fourth-order valence-electron chi connectivity index (χ4n) is 1.47. The Balaban J connectivity index is 2.22. The van der Waals surface area contributed by atoms with E-state index in [-0.39, 0.29) is 11.4 Å². The van der Waals surface area contributed by atoms with Crippen LogP contribution in [0.1, 0.15) is 5.82 Å². The number of sulfonamides is 1. The number of rotatable bonds is 4. The Morgan fingerprint density at radius 2 is 2.00 bits per heavy atom. The van der Waals surface area contributed by atoms with E-state index in [1.54, 1.807) is 36.7 Å². The van der Waals surface area contributed by atoms with Crippen molar-refractivity contribution in [3.05, 3.63) is 46.1 Å². The lowest BCUT2D eigenvalue weighted by Gasteiger charge is -2.15. The second-order valence-electron chi connectivity index (χ2n) is 3.75. The molecule has 96 valence electrons. The van der Waals surface area contributed by atoms with Gasteiger partial charge in [0, 0.05) is 23.0 Å². The molecular weight excluding hydrogens is 365 g/mol. The fourth-order valence-corrected chi connectivity index (χ4v) is 2.96. The second-order valence-corrected chi connectivity index (χ2v) is 7.04. The van der Waals surface area contributed by atoms with Gasteiger partial charge < -0.3 is 4.98 Å². The zero-order chi connectivity index (χ0) is 13.2. The molecule has 2 rings (SSSR count). The molecule has 0 saturated heterocycles. The zero-order valence-corrected chi connectivity index (χ0v) is 12.6. The molecule has 0 aliphatic heterocycles. The van der Waals surface area contributed by atoms with Crippen molar-refractivity contribution in [2.24, 2.45) is 0 Å². The van der Waals surface area contributed by atoms with Crippen LogP contribution in [0.3, 0.4) is 0 Å². The van der Waals surface area contributed by atoms with Crippen LogP contribution in [0.2, 0.25) is 0 Å². The van der Waals surface area contributed by atoms with E-state index in [2.05, 4.69) is 32.6 Å². The molecule has 0 fully saturated rings. The SMILES string of the molecule is CN(Cc1ncc[nH]1)S(=O)(=O)c1ccc(I)cc1. The number of benzene rings is 1. The van der Waals surface area contributed by atoms with E-state index in [1.807, 2.05) is 0 Å². The molecule has 0 radical (unpaired) electrons. The summed E-state index contributed by atoms with van der Waals surface area (Å²) in [6.45, 7) is 0.224. The van der Waals surface area contributed by atoms with Gasteiger partial charge in [-0.1, -0.05) is 0 Å². The lowest BCUT2D eigenvalue weighted by molar-refractivity contribution is 0.458. The summed E-state index contributed by atoms with van der Waals surface area (Å²) in [5.41, 5.74) is 0. The predicted molar refractivity (Wildman–Crippen MR) is 76.4 cm³/mol. The monoisotopic (exact) mass is 377 g/mol. The lowest BCUT2D eigenvalue weighted by Crippen LogP contribution is -2.27. The van der Waals surface area contributed by atoms with Gasteiger partial charge in [-0.3, -0.25) is 0 Å². The molecule has 1 aromatic carbocycles. The Morgan fingerprint density at radius 3 is 2.56 bits per heavy atom. The highest BCUT2D eigenvalue weighted by molar-refractivity contribution is 14.1. The molecule has 18 heavy (non-hydrogen) atoms. The minimum atomic E-state index is -3.46. The van der Waals surface area contributed by atoms with E-state index in [0.29, 0.717) is 5.82 Å². The number of aromatic amines is 1. The van der Waals surface area contributed by atoms with Crippen LogP contribution < -0.4 is 0 Å². The van der Waals surface area contributed by atoms with E-state index in [4.69, 9.17) is 0 Å². The summed E-state index contributed by atoms with van der Waals surface area (Å²) >= 11 is 2.14. The van der Waals surface area contributed by atoms with Crippen LogP contribution in [0.4, 0.5) is 0 Å². The number of halogens is 1. The summed E-state index contributed by atoms with van der Waals surface area (Å²) in [5, 5.41) is 0. The maximum atomic E-state index is 12.3. The van der Waals surface area contributed by atoms with Crippen molar-refractivity contribution in [2.75, 3.05) is 7.05 Å². The van der Waals surface area contributed by atoms with Crippen LogP contribution >= 0.6 is 22.6 Å². The van der Waals surface area contributed by atoms with E-state index in [0.717, 1.165) is 3.57 Å². The highest BCUT2D eigenvalue weighted by Gasteiger charge is 2.21. The Kier molecular flexibility index (Phi) is 4.03. The molecule has 0 aliphatic rings. The molecule has 0 amide bonds. The van der Waals surface area contributed by atoms with Crippen LogP contribution in [0, 0.1) is 3.57 Å². The van der Waals surface area contributed by atoms with Crippen molar-refractivity contribution < 1.29 is 8.42 Å². The summed E-state index contributed by atoms with van der Waals surface area (Å²) in [6.07, 6.45) is 3.27. The van der Waals surface area contributed by atoms with Gasteiger partial charge >= 0.3 is 0 Å². The van der Waals surface area contributed by atoms with Crippen LogP contribution in [-0.2, 0) is 16.6 Å². The highest BCUT2D eigenvalue weighted by atomic mass is 127. The number of hydrogen-bond donors (Lipinski definition) is 1. The third kappa shape index (κ3) is 2.90. The highest BCUT2D eigenvalue weighted by Crippen LogP contribution is 2.17. The number of imidazole rings is 1. The van der Waals surface area contributed by atoms with Gasteiger partial charge in [-0.05, 0) is 46.9 Å². The molecule has 1 aromatic heterocycles. The van der Waals surface area contributed by atoms with Crippen molar-refractivity contribution >= 4 is 32.6 Å². The number of H-pyrrole nitrogens is 1. The first-order chi connectivity index (χ1) is 8.50. The Morgan fingerprint density at radius 1 is 1.33 bits per heavy atom. The molecule has 0 unspecified atom stereocenters. The smallest absolute Gasteiger partial charge is 0.243 e. The number of aromatic nitrogens is 2. The van der Waals surface area contributed by atoms with Gasteiger partial charge in [0.1, 0.15) is 5.82 Å². The summed E-state index contributed by atoms with van der Waals surface area (Å²) < 4.78 is 26.8. The molecule has 7 heteroatoms. The molecule has 0 atom stereocenters. The van der Waals surface area contributed by atoms with E-state index in [9.17, 15) is 8.42 Å². The number of nitrogens with zero attached hydrogens (tertiary/aromatic N) is 2. The summed E-state index contributed by atoms with van der Waals surface area (Å²) in [4.78, 5) is 7.19. The van der Waals surface area contributed by atoms with Gasteiger partial charge in [0.2, 0.25) is 10.0 Å². The standard InChI is InChI=1S/C11H12IN3O2S/c1-15(8-11-13-6-7-14-11)18(16,17)10-4-2-9(12)3-5-10/h2-7H,8H2,1H3,(H,13,14). The van der Waals surface area contributed by atoms with Crippen molar-refractivity contribution in [1.82, 2.24) is 14.3 Å². The average molecular weight is 377 g/mol. The van der Waals surface area contributed by atoms with Crippen molar-refractivity contribution in [3.8, 4) is 0 Å². The van der Waals surface area contributed by atoms with Crippen molar-refractivity contribution in [1.29, 1.82) is 0 Å². The van der Waals surface area contributed by atoms with E-state index in [1.165, 1.54) is 11.4 Å². The van der Waals surface area contributed by atoms with Gasteiger partial charge in [0.25, 0.3) is 0 Å². The molecule has 5 nitrogen and oxygen atoms in total. The molecule has 2 aromatic rings. The van der Waals surface area contributed by atoms with Gasteiger partial charge in [-0.25, -0.2) is 13.4 Å². The third-order valence-corrected chi connectivity index (χ3v) is 4.99. The molecule has 1 heterocycles. The molecule has 0 aliphatic carbocycles. The van der Waals surface area contributed by atoms with Crippen LogP contribution in [-0.4, -0.2) is 29.7 Å². The van der Waals surface area contributed by atoms with Crippen molar-refractivity contribution in [3.63, 3.8) is 0 Å². The minimum Gasteiger partial charge on any atom is -0.347 e. The topological polar surface area (TPSA) is 66.1 Å². The van der Waals surface area contributed by atoms with Crippen LogP contribution in [0.5, 0.6) is 0 Å². The minimum absolute atomic E-state index is 0.224.